The van der Waals surface area contributed by atoms with E-state index in [1.54, 1.807) is 0 Å². The van der Waals surface area contributed by atoms with E-state index >= 15 is 0 Å². The first-order valence-electron chi connectivity index (χ1n) is 9.30. The molecule has 2 aromatic rings. The number of rotatable bonds is 8. The quantitative estimate of drug-likeness (QED) is 0.645. The Hall–Kier alpha value is -3.68. The second-order valence-corrected chi connectivity index (χ2v) is 6.59. The van der Waals surface area contributed by atoms with Crippen LogP contribution in [0.15, 0.2) is 42.5 Å². The predicted molar refractivity (Wildman–Crippen MR) is 111 cm³/mol. The zero-order valence-corrected chi connectivity index (χ0v) is 17.1. The Morgan fingerprint density at radius 2 is 1.47 bits per heavy atom. The van der Waals surface area contributed by atoms with Crippen LogP contribution in [0.2, 0.25) is 0 Å². The second kappa shape index (κ2) is 10.8. The maximum absolute atomic E-state index is 12.1. The smallest absolute Gasteiger partial charge is 0.337 e. The van der Waals surface area contributed by atoms with Crippen LogP contribution in [0.4, 0.5) is 11.4 Å². The number of hydrogen-bond donors (Lipinski definition) is 2. The second-order valence-electron chi connectivity index (χ2n) is 6.59. The fourth-order valence-electron chi connectivity index (χ4n) is 2.65. The van der Waals surface area contributed by atoms with Crippen LogP contribution in [0.5, 0.6) is 0 Å². The van der Waals surface area contributed by atoms with Crippen LogP contribution in [0, 0.1) is 13.8 Å². The standard InChI is InChI=1S/C22H24N2O6/c1-14-5-4-6-15(2)21(14)24-18(25)11-12-20(27)30-13-19(26)23-17-9-7-16(8-10-17)22(28)29-3/h4-10H,11-13H2,1-3H3,(H,23,26)(H,24,25). The average Bonchev–Trinajstić information content (AvgIpc) is 2.73. The van der Waals surface area contributed by atoms with Gasteiger partial charge in [-0.05, 0) is 49.2 Å². The molecule has 2 aromatic carbocycles. The maximum Gasteiger partial charge on any atom is 0.337 e. The molecular formula is C22H24N2O6. The third-order valence-corrected chi connectivity index (χ3v) is 4.26. The van der Waals surface area contributed by atoms with Gasteiger partial charge < -0.3 is 20.1 Å². The number of benzene rings is 2. The zero-order chi connectivity index (χ0) is 22.1. The minimum absolute atomic E-state index is 0.0524. The molecule has 0 unspecified atom stereocenters. The SMILES string of the molecule is COC(=O)c1ccc(NC(=O)COC(=O)CCC(=O)Nc2c(C)cccc2C)cc1. The minimum atomic E-state index is -0.650. The fraction of sp³-hybridized carbons (Fsp3) is 0.273. The summed E-state index contributed by atoms with van der Waals surface area (Å²) in [7, 11) is 1.28. The lowest BCUT2D eigenvalue weighted by molar-refractivity contribution is -0.147. The van der Waals surface area contributed by atoms with Crippen molar-refractivity contribution in [2.75, 3.05) is 24.4 Å². The van der Waals surface area contributed by atoms with Crippen molar-refractivity contribution in [3.63, 3.8) is 0 Å². The highest BCUT2D eigenvalue weighted by molar-refractivity contribution is 5.95. The number of amides is 2. The maximum atomic E-state index is 12.1. The highest BCUT2D eigenvalue weighted by Crippen LogP contribution is 2.19. The number of anilines is 2. The minimum Gasteiger partial charge on any atom is -0.465 e. The topological polar surface area (TPSA) is 111 Å². The average molecular weight is 412 g/mol. The molecule has 0 aliphatic rings. The summed E-state index contributed by atoms with van der Waals surface area (Å²) in [5.41, 5.74) is 3.38. The molecule has 0 saturated carbocycles. The Balaban J connectivity index is 1.73. The zero-order valence-electron chi connectivity index (χ0n) is 17.1. The molecule has 0 heterocycles. The van der Waals surface area contributed by atoms with Gasteiger partial charge in [0.25, 0.3) is 5.91 Å². The van der Waals surface area contributed by atoms with Crippen molar-refractivity contribution in [2.24, 2.45) is 0 Å². The van der Waals surface area contributed by atoms with E-state index in [1.165, 1.54) is 31.4 Å². The van der Waals surface area contributed by atoms with Gasteiger partial charge in [0.1, 0.15) is 0 Å². The third kappa shape index (κ3) is 6.73. The lowest BCUT2D eigenvalue weighted by atomic mass is 10.1. The van der Waals surface area contributed by atoms with Crippen molar-refractivity contribution < 1.29 is 28.7 Å². The number of aryl methyl sites for hydroxylation is 2. The van der Waals surface area contributed by atoms with Gasteiger partial charge in [-0.2, -0.15) is 0 Å². The third-order valence-electron chi connectivity index (χ3n) is 4.26. The molecule has 2 rings (SSSR count). The Labute approximate surface area is 174 Å². The summed E-state index contributed by atoms with van der Waals surface area (Å²) in [5.74, 6) is -1.97. The summed E-state index contributed by atoms with van der Waals surface area (Å²) in [6, 6.07) is 11.7. The highest BCUT2D eigenvalue weighted by atomic mass is 16.5. The van der Waals surface area contributed by atoms with Crippen molar-refractivity contribution in [1.82, 2.24) is 0 Å². The number of para-hydroxylation sites is 1. The first kappa shape index (κ1) is 22.6. The number of carbonyl (C=O) groups excluding carboxylic acids is 4. The van der Waals surface area contributed by atoms with Crippen molar-refractivity contribution >= 4 is 35.1 Å². The molecule has 8 heteroatoms. The molecule has 0 aromatic heterocycles. The molecule has 2 amide bonds. The van der Waals surface area contributed by atoms with Gasteiger partial charge in [0.15, 0.2) is 6.61 Å². The molecule has 0 aliphatic carbocycles. The molecule has 0 bridgehead atoms. The monoisotopic (exact) mass is 412 g/mol. The lowest BCUT2D eigenvalue weighted by Gasteiger charge is -2.11. The van der Waals surface area contributed by atoms with E-state index in [9.17, 15) is 19.2 Å². The number of nitrogens with one attached hydrogen (secondary N) is 2. The number of carbonyl (C=O) groups is 4. The molecule has 0 aliphatic heterocycles. The van der Waals surface area contributed by atoms with E-state index in [2.05, 4.69) is 15.4 Å². The molecule has 0 radical (unpaired) electrons. The van der Waals surface area contributed by atoms with Crippen LogP contribution in [0.1, 0.15) is 34.3 Å². The van der Waals surface area contributed by atoms with Gasteiger partial charge in [-0.3, -0.25) is 14.4 Å². The van der Waals surface area contributed by atoms with Crippen molar-refractivity contribution in [2.45, 2.75) is 26.7 Å². The van der Waals surface area contributed by atoms with E-state index in [4.69, 9.17) is 4.74 Å². The lowest BCUT2D eigenvalue weighted by Crippen LogP contribution is -2.22. The number of esters is 2. The molecule has 158 valence electrons. The van der Waals surface area contributed by atoms with Crippen LogP contribution in [0.25, 0.3) is 0 Å². The van der Waals surface area contributed by atoms with E-state index in [-0.39, 0.29) is 18.7 Å². The van der Waals surface area contributed by atoms with E-state index in [0.717, 1.165) is 16.8 Å². The molecule has 8 nitrogen and oxygen atoms in total. The first-order chi connectivity index (χ1) is 14.3. The number of hydrogen-bond acceptors (Lipinski definition) is 6. The summed E-state index contributed by atoms with van der Waals surface area (Å²) in [4.78, 5) is 47.1. The van der Waals surface area contributed by atoms with Crippen molar-refractivity contribution in [3.8, 4) is 0 Å². The van der Waals surface area contributed by atoms with Gasteiger partial charge in [0.2, 0.25) is 5.91 Å². The summed E-state index contributed by atoms with van der Waals surface area (Å²) in [5, 5.41) is 5.33. The molecule has 0 saturated heterocycles. The van der Waals surface area contributed by atoms with Gasteiger partial charge in [-0.25, -0.2) is 4.79 Å². The number of ether oxygens (including phenoxy) is 2. The van der Waals surface area contributed by atoms with E-state index in [1.807, 2.05) is 32.0 Å². The van der Waals surface area contributed by atoms with Gasteiger partial charge in [0.05, 0.1) is 19.1 Å². The van der Waals surface area contributed by atoms with Crippen LogP contribution < -0.4 is 10.6 Å². The molecule has 0 atom stereocenters. The fourth-order valence-corrected chi connectivity index (χ4v) is 2.65. The Bertz CT molecular complexity index is 917. The normalized spacial score (nSPS) is 10.1. The Morgan fingerprint density at radius 3 is 2.07 bits per heavy atom. The molecule has 2 N–H and O–H groups in total. The van der Waals surface area contributed by atoms with Crippen LogP contribution in [0.3, 0.4) is 0 Å². The van der Waals surface area contributed by atoms with Crippen LogP contribution >= 0.6 is 0 Å². The molecular weight excluding hydrogens is 388 g/mol. The first-order valence-corrected chi connectivity index (χ1v) is 9.30. The molecule has 0 spiro atoms. The van der Waals surface area contributed by atoms with Gasteiger partial charge in [-0.15, -0.1) is 0 Å². The van der Waals surface area contributed by atoms with Gasteiger partial charge >= 0.3 is 11.9 Å². The summed E-state index contributed by atoms with van der Waals surface area (Å²) in [6.07, 6.45) is -0.193. The van der Waals surface area contributed by atoms with Gasteiger partial charge in [0, 0.05) is 17.8 Å². The summed E-state index contributed by atoms with van der Waals surface area (Å²) in [6.45, 7) is 3.30. The van der Waals surface area contributed by atoms with Crippen molar-refractivity contribution in [1.29, 1.82) is 0 Å². The predicted octanol–water partition coefficient (Wildman–Crippen LogP) is 2.99. The Morgan fingerprint density at radius 1 is 0.833 bits per heavy atom. The van der Waals surface area contributed by atoms with E-state index in [0.29, 0.717) is 11.3 Å². The Kier molecular flexibility index (Phi) is 8.10. The van der Waals surface area contributed by atoms with Gasteiger partial charge in [-0.1, -0.05) is 18.2 Å². The molecule has 30 heavy (non-hydrogen) atoms. The van der Waals surface area contributed by atoms with E-state index < -0.39 is 24.5 Å². The number of methoxy groups -OCH3 is 1. The van der Waals surface area contributed by atoms with Crippen LogP contribution in [-0.2, 0) is 23.9 Å². The van der Waals surface area contributed by atoms with Crippen LogP contribution in [-0.4, -0.2) is 37.5 Å². The summed E-state index contributed by atoms with van der Waals surface area (Å²) < 4.78 is 9.49. The van der Waals surface area contributed by atoms with Crippen molar-refractivity contribution in [3.05, 3.63) is 59.2 Å². The largest absolute Gasteiger partial charge is 0.465 e. The summed E-state index contributed by atoms with van der Waals surface area (Å²) >= 11 is 0. The molecule has 0 fully saturated rings. The highest BCUT2D eigenvalue weighted by Gasteiger charge is 2.13.